The smallest absolute Gasteiger partial charge is 0.192 e. The summed E-state index contributed by atoms with van der Waals surface area (Å²) < 4.78 is 49.1. The minimum absolute atomic E-state index is 0.157. The van der Waals surface area contributed by atoms with Gasteiger partial charge in [-0.3, -0.25) is 5.10 Å². The van der Waals surface area contributed by atoms with Crippen LogP contribution in [0.25, 0.3) is 0 Å². The first-order valence-electron chi connectivity index (χ1n) is 10.0. The largest absolute Gasteiger partial charge is 0.474 e. The summed E-state index contributed by atoms with van der Waals surface area (Å²) >= 11 is 0. The maximum Gasteiger partial charge on any atom is 0.192 e. The highest BCUT2D eigenvalue weighted by atomic mass is 19.1. The number of rotatable bonds is 5. The van der Waals surface area contributed by atoms with Gasteiger partial charge in [0.2, 0.25) is 0 Å². The molecule has 0 bridgehead atoms. The summed E-state index contributed by atoms with van der Waals surface area (Å²) in [5.74, 6) is -2.40. The lowest BCUT2D eigenvalue weighted by Crippen LogP contribution is -2.31. The van der Waals surface area contributed by atoms with Crippen molar-refractivity contribution in [2.75, 3.05) is 0 Å². The Kier molecular flexibility index (Phi) is 5.07. The number of nitrogens with one attached hydrogen (secondary N) is 1. The van der Waals surface area contributed by atoms with E-state index in [1.807, 2.05) is 18.4 Å². The zero-order valence-electron chi connectivity index (χ0n) is 17.4. The van der Waals surface area contributed by atoms with Gasteiger partial charge in [-0.15, -0.1) is 10.2 Å². The number of H-pyrrole nitrogens is 1. The average Bonchev–Trinajstić information content (AvgIpc) is 3.28. The van der Waals surface area contributed by atoms with Gasteiger partial charge in [0, 0.05) is 30.3 Å². The molecular weight excluding hydrogens is 395 g/mol. The van der Waals surface area contributed by atoms with Crippen molar-refractivity contribution >= 4 is 0 Å². The second-order valence-electron chi connectivity index (χ2n) is 8.15. The molecule has 1 aliphatic rings. The number of hydrogen-bond donors (Lipinski definition) is 1. The van der Waals surface area contributed by atoms with E-state index in [4.69, 9.17) is 4.74 Å². The molecule has 2 heterocycles. The van der Waals surface area contributed by atoms with Crippen molar-refractivity contribution in [2.24, 2.45) is 0 Å². The number of hydrogen-bond acceptors (Lipinski definition) is 4. The predicted molar refractivity (Wildman–Crippen MR) is 104 cm³/mol. The van der Waals surface area contributed by atoms with E-state index < -0.39 is 28.8 Å². The van der Waals surface area contributed by atoms with Gasteiger partial charge in [0.05, 0.1) is 5.69 Å². The van der Waals surface area contributed by atoms with Crippen LogP contribution in [0.2, 0.25) is 0 Å². The predicted octanol–water partition coefficient (Wildman–Crippen LogP) is 4.33. The van der Waals surface area contributed by atoms with E-state index in [0.29, 0.717) is 24.5 Å². The minimum atomic E-state index is -1.19. The molecule has 0 fully saturated rings. The van der Waals surface area contributed by atoms with Crippen LogP contribution in [0.1, 0.15) is 61.7 Å². The summed E-state index contributed by atoms with van der Waals surface area (Å²) in [6, 6.07) is 1.19. The summed E-state index contributed by atoms with van der Waals surface area (Å²) in [7, 11) is 0. The van der Waals surface area contributed by atoms with Gasteiger partial charge in [-0.25, -0.2) is 13.2 Å². The van der Waals surface area contributed by atoms with E-state index in [9.17, 15) is 13.2 Å². The highest BCUT2D eigenvalue weighted by Crippen LogP contribution is 2.36. The van der Waals surface area contributed by atoms with Crippen LogP contribution in [0.15, 0.2) is 12.1 Å². The van der Waals surface area contributed by atoms with Crippen LogP contribution >= 0.6 is 0 Å². The van der Waals surface area contributed by atoms with Crippen LogP contribution in [0, 0.1) is 24.4 Å². The minimum Gasteiger partial charge on any atom is -0.474 e. The quantitative estimate of drug-likeness (QED) is 0.668. The van der Waals surface area contributed by atoms with Crippen LogP contribution in [0.4, 0.5) is 13.2 Å². The van der Waals surface area contributed by atoms with E-state index >= 15 is 0 Å². The maximum atomic E-state index is 14.1. The molecule has 0 saturated heterocycles. The first-order valence-corrected chi connectivity index (χ1v) is 10.0. The van der Waals surface area contributed by atoms with Crippen LogP contribution in [0.5, 0.6) is 5.75 Å². The Hall–Kier alpha value is -2.84. The van der Waals surface area contributed by atoms with Crippen molar-refractivity contribution < 1.29 is 17.9 Å². The lowest BCUT2D eigenvalue weighted by Gasteiger charge is -2.28. The van der Waals surface area contributed by atoms with Crippen molar-refractivity contribution in [1.29, 1.82) is 0 Å². The van der Waals surface area contributed by atoms with Crippen molar-refractivity contribution in [3.8, 4) is 5.75 Å². The number of ether oxygens (including phenoxy) is 1. The first-order chi connectivity index (χ1) is 14.2. The molecule has 2 aromatic heterocycles. The van der Waals surface area contributed by atoms with E-state index in [-0.39, 0.29) is 5.92 Å². The number of aromatic nitrogens is 5. The molecule has 30 heavy (non-hydrogen) atoms. The molecule has 4 rings (SSSR count). The SMILES string of the molecule is CCn1c(C2CCc3n[nH]c(C)c3C2)nnc1C(C)(C)Oc1c(F)cc(F)cc1F. The van der Waals surface area contributed by atoms with Crippen molar-refractivity contribution in [3.05, 3.63) is 58.2 Å². The van der Waals surface area contributed by atoms with Gasteiger partial charge < -0.3 is 9.30 Å². The fraction of sp³-hybridized carbons (Fsp3) is 0.476. The lowest BCUT2D eigenvalue weighted by molar-refractivity contribution is 0.0820. The van der Waals surface area contributed by atoms with E-state index in [2.05, 4.69) is 20.4 Å². The van der Waals surface area contributed by atoms with Gasteiger partial charge in [0.15, 0.2) is 28.8 Å². The zero-order valence-corrected chi connectivity index (χ0v) is 17.4. The van der Waals surface area contributed by atoms with Gasteiger partial charge in [0.25, 0.3) is 0 Å². The molecule has 1 aromatic carbocycles. The number of benzene rings is 1. The normalized spacial score (nSPS) is 16.6. The third-order valence-corrected chi connectivity index (χ3v) is 5.66. The number of nitrogens with zero attached hydrogens (tertiary/aromatic N) is 4. The second kappa shape index (κ2) is 7.45. The Morgan fingerprint density at radius 3 is 2.57 bits per heavy atom. The van der Waals surface area contributed by atoms with E-state index in [1.54, 1.807) is 13.8 Å². The number of fused-ring (bicyclic) bond motifs is 1. The molecule has 0 radical (unpaired) electrons. The van der Waals surface area contributed by atoms with E-state index in [1.165, 1.54) is 5.56 Å². The standard InChI is InChI=1S/C21H24F3N5O/c1-5-29-19(12-6-7-17-14(8-12)11(2)25-26-17)27-28-20(29)21(3,4)30-18-15(23)9-13(22)10-16(18)24/h9-10,12H,5-8H2,1-4H3,(H,25,26). The molecule has 0 amide bonds. The Morgan fingerprint density at radius 1 is 1.20 bits per heavy atom. The molecule has 1 aliphatic carbocycles. The summed E-state index contributed by atoms with van der Waals surface area (Å²) in [5.41, 5.74) is 2.18. The van der Waals surface area contributed by atoms with Crippen molar-refractivity contribution in [1.82, 2.24) is 25.0 Å². The van der Waals surface area contributed by atoms with Gasteiger partial charge >= 0.3 is 0 Å². The third kappa shape index (κ3) is 3.46. The Labute approximate surface area is 172 Å². The Morgan fingerprint density at radius 2 is 1.90 bits per heavy atom. The number of halogens is 3. The molecule has 160 valence electrons. The molecule has 3 aromatic rings. The van der Waals surface area contributed by atoms with Crippen LogP contribution in [-0.2, 0) is 25.0 Å². The van der Waals surface area contributed by atoms with Crippen molar-refractivity contribution in [2.45, 2.75) is 65.0 Å². The molecular formula is C21H24F3N5O. The summed E-state index contributed by atoms with van der Waals surface area (Å²) in [5, 5.41) is 16.1. The topological polar surface area (TPSA) is 68.6 Å². The van der Waals surface area contributed by atoms with Crippen molar-refractivity contribution in [3.63, 3.8) is 0 Å². The lowest BCUT2D eigenvalue weighted by atomic mass is 9.86. The first kappa shape index (κ1) is 20.4. The second-order valence-corrected chi connectivity index (χ2v) is 8.15. The average molecular weight is 419 g/mol. The summed E-state index contributed by atoms with van der Waals surface area (Å²) in [4.78, 5) is 0. The van der Waals surface area contributed by atoms with Gasteiger partial charge in [-0.2, -0.15) is 5.10 Å². The van der Waals surface area contributed by atoms with Crippen LogP contribution in [0.3, 0.4) is 0 Å². The molecule has 9 heteroatoms. The van der Waals surface area contributed by atoms with Gasteiger partial charge in [-0.05, 0) is 52.5 Å². The van der Waals surface area contributed by atoms with E-state index in [0.717, 1.165) is 36.5 Å². The third-order valence-electron chi connectivity index (χ3n) is 5.66. The fourth-order valence-corrected chi connectivity index (χ4v) is 4.16. The molecule has 1 atom stereocenters. The molecule has 6 nitrogen and oxygen atoms in total. The molecule has 0 aliphatic heterocycles. The molecule has 1 unspecified atom stereocenters. The van der Waals surface area contributed by atoms with Gasteiger partial charge in [-0.1, -0.05) is 0 Å². The maximum absolute atomic E-state index is 14.1. The fourth-order valence-electron chi connectivity index (χ4n) is 4.16. The summed E-state index contributed by atoms with van der Waals surface area (Å²) in [6.07, 6.45) is 2.54. The Balaban J connectivity index is 1.66. The monoisotopic (exact) mass is 419 g/mol. The molecule has 0 saturated carbocycles. The molecule has 0 spiro atoms. The van der Waals surface area contributed by atoms with Crippen LogP contribution in [-0.4, -0.2) is 25.0 Å². The van der Waals surface area contributed by atoms with Crippen LogP contribution < -0.4 is 4.74 Å². The summed E-state index contributed by atoms with van der Waals surface area (Å²) in [6.45, 7) is 7.87. The molecule has 1 N–H and O–H groups in total. The highest BCUT2D eigenvalue weighted by molar-refractivity contribution is 5.31. The van der Waals surface area contributed by atoms with Gasteiger partial charge in [0.1, 0.15) is 11.6 Å². The highest BCUT2D eigenvalue weighted by Gasteiger charge is 2.35. The Bertz CT molecular complexity index is 1070. The number of aromatic amines is 1. The number of aryl methyl sites for hydroxylation is 2. The zero-order chi connectivity index (χ0) is 21.6.